The van der Waals surface area contributed by atoms with E-state index in [1.807, 2.05) is 18.2 Å². The van der Waals surface area contributed by atoms with E-state index in [4.69, 9.17) is 31.5 Å². The second kappa shape index (κ2) is 8.75. The Morgan fingerprint density at radius 3 is 2.68 bits per heavy atom. The van der Waals surface area contributed by atoms with Crippen LogP contribution in [0.3, 0.4) is 0 Å². The molecule has 1 aliphatic carbocycles. The van der Waals surface area contributed by atoms with Gasteiger partial charge in [0, 0.05) is 23.4 Å². The van der Waals surface area contributed by atoms with Gasteiger partial charge in [-0.3, -0.25) is 4.79 Å². The lowest BCUT2D eigenvalue weighted by atomic mass is 9.77. The van der Waals surface area contributed by atoms with E-state index in [0.29, 0.717) is 53.7 Å². The molecule has 1 aliphatic heterocycles. The number of benzene rings is 2. The Balaban J connectivity index is 1.72. The Morgan fingerprint density at radius 2 is 1.97 bits per heavy atom. The van der Waals surface area contributed by atoms with Crippen molar-refractivity contribution >= 4 is 17.4 Å². The largest absolute Gasteiger partial charge is 0.493 e. The molecule has 0 aromatic heterocycles. The number of methoxy groups -OCH3 is 1. The third-order valence-corrected chi connectivity index (χ3v) is 5.69. The summed E-state index contributed by atoms with van der Waals surface area (Å²) in [7, 11) is 1.56. The highest BCUT2D eigenvalue weighted by atomic mass is 35.5. The molecule has 0 bridgehead atoms. The van der Waals surface area contributed by atoms with E-state index in [9.17, 15) is 10.1 Å². The quantitative estimate of drug-likeness (QED) is 0.727. The molecular formula is C24H21ClN2O4. The first-order valence-electron chi connectivity index (χ1n) is 9.90. The summed E-state index contributed by atoms with van der Waals surface area (Å²) in [6.07, 6.45) is 1.75. The third-order valence-electron chi connectivity index (χ3n) is 5.43. The maximum atomic E-state index is 12.7. The number of Topliss-reactive ketones (excluding diaryl/α,β-unsaturated/α-hetero) is 1. The molecule has 158 valence electrons. The van der Waals surface area contributed by atoms with Crippen molar-refractivity contribution in [2.75, 3.05) is 7.11 Å². The molecule has 2 aromatic rings. The summed E-state index contributed by atoms with van der Waals surface area (Å²) in [4.78, 5) is 12.7. The van der Waals surface area contributed by atoms with Crippen LogP contribution in [0.5, 0.6) is 11.5 Å². The second-order valence-corrected chi connectivity index (χ2v) is 7.80. The van der Waals surface area contributed by atoms with Crippen molar-refractivity contribution in [1.29, 1.82) is 5.26 Å². The van der Waals surface area contributed by atoms with Gasteiger partial charge in [0.1, 0.15) is 24.0 Å². The average molecular weight is 437 g/mol. The van der Waals surface area contributed by atoms with Crippen LogP contribution in [0.15, 0.2) is 65.3 Å². The molecule has 0 radical (unpaired) electrons. The number of ether oxygens (including phenoxy) is 3. The maximum absolute atomic E-state index is 12.7. The van der Waals surface area contributed by atoms with Crippen LogP contribution in [0, 0.1) is 11.3 Å². The van der Waals surface area contributed by atoms with Crippen molar-refractivity contribution in [3.05, 3.63) is 81.4 Å². The van der Waals surface area contributed by atoms with E-state index in [1.54, 1.807) is 31.4 Å². The van der Waals surface area contributed by atoms with Gasteiger partial charge in [-0.25, -0.2) is 0 Å². The first kappa shape index (κ1) is 20.8. The first-order valence-corrected chi connectivity index (χ1v) is 10.3. The number of carbonyl (C=O) groups is 1. The van der Waals surface area contributed by atoms with E-state index in [0.717, 1.165) is 11.1 Å². The van der Waals surface area contributed by atoms with E-state index in [1.165, 1.54) is 0 Å². The fraction of sp³-hybridized carbons (Fsp3) is 0.250. The number of carbonyl (C=O) groups excluding carboxylic acids is 1. The van der Waals surface area contributed by atoms with Crippen molar-refractivity contribution in [3.8, 4) is 17.6 Å². The summed E-state index contributed by atoms with van der Waals surface area (Å²) in [5.41, 5.74) is 8.43. The van der Waals surface area contributed by atoms with Crippen LogP contribution in [0.25, 0.3) is 0 Å². The molecule has 0 spiro atoms. The smallest absolute Gasteiger partial charge is 0.205 e. The average Bonchev–Trinajstić information content (AvgIpc) is 2.77. The highest BCUT2D eigenvalue weighted by Crippen LogP contribution is 2.45. The number of ketones is 1. The fourth-order valence-corrected chi connectivity index (χ4v) is 4.04. The van der Waals surface area contributed by atoms with Gasteiger partial charge in [-0.1, -0.05) is 29.8 Å². The molecule has 4 rings (SSSR count). The maximum Gasteiger partial charge on any atom is 0.205 e. The van der Waals surface area contributed by atoms with Crippen molar-refractivity contribution in [3.63, 3.8) is 0 Å². The summed E-state index contributed by atoms with van der Waals surface area (Å²) in [6.45, 7) is 0.306. The molecule has 0 unspecified atom stereocenters. The number of hydrogen-bond acceptors (Lipinski definition) is 6. The van der Waals surface area contributed by atoms with Gasteiger partial charge in [0.25, 0.3) is 0 Å². The summed E-state index contributed by atoms with van der Waals surface area (Å²) in [5.74, 6) is 1.03. The molecule has 0 saturated carbocycles. The number of nitrogens with two attached hydrogens (primary N) is 1. The first-order chi connectivity index (χ1) is 15.0. The molecule has 0 saturated heterocycles. The highest BCUT2D eigenvalue weighted by Gasteiger charge is 2.38. The van der Waals surface area contributed by atoms with Gasteiger partial charge >= 0.3 is 0 Å². The lowest BCUT2D eigenvalue weighted by Crippen LogP contribution is -2.27. The van der Waals surface area contributed by atoms with E-state index >= 15 is 0 Å². The van der Waals surface area contributed by atoms with Gasteiger partial charge in [0.15, 0.2) is 17.3 Å². The normalized spacial score (nSPS) is 18.2. The number of allylic oxidation sites excluding steroid dienone is 3. The van der Waals surface area contributed by atoms with Crippen LogP contribution in [0.1, 0.15) is 36.3 Å². The van der Waals surface area contributed by atoms with Crippen molar-refractivity contribution in [1.82, 2.24) is 0 Å². The van der Waals surface area contributed by atoms with E-state index < -0.39 is 5.92 Å². The van der Waals surface area contributed by atoms with Gasteiger partial charge in [0.2, 0.25) is 5.88 Å². The minimum absolute atomic E-state index is 0.0223. The van der Waals surface area contributed by atoms with Crippen molar-refractivity contribution in [2.24, 2.45) is 5.73 Å². The Kier molecular flexibility index (Phi) is 5.88. The number of rotatable bonds is 5. The summed E-state index contributed by atoms with van der Waals surface area (Å²) < 4.78 is 17.1. The molecule has 2 aliphatic rings. The van der Waals surface area contributed by atoms with Gasteiger partial charge < -0.3 is 19.9 Å². The molecule has 2 N–H and O–H groups in total. The zero-order valence-electron chi connectivity index (χ0n) is 17.0. The molecule has 7 heteroatoms. The number of halogens is 1. The van der Waals surface area contributed by atoms with Gasteiger partial charge in [-0.15, -0.1) is 0 Å². The number of hydrogen-bond donors (Lipinski definition) is 1. The second-order valence-electron chi connectivity index (χ2n) is 7.36. The highest BCUT2D eigenvalue weighted by molar-refractivity contribution is 6.30. The lowest BCUT2D eigenvalue weighted by molar-refractivity contribution is -0.116. The Labute approximate surface area is 185 Å². The lowest BCUT2D eigenvalue weighted by Gasteiger charge is -2.31. The molecule has 0 fully saturated rings. The van der Waals surface area contributed by atoms with Gasteiger partial charge in [0.05, 0.1) is 13.0 Å². The zero-order valence-corrected chi connectivity index (χ0v) is 17.7. The summed E-state index contributed by atoms with van der Waals surface area (Å²) >= 11 is 5.95. The van der Waals surface area contributed by atoms with Gasteiger partial charge in [-0.2, -0.15) is 5.26 Å². The molecule has 2 aromatic carbocycles. The molecule has 0 amide bonds. The Bertz CT molecular complexity index is 1130. The number of nitrogens with zero attached hydrogens (tertiary/aromatic N) is 1. The van der Waals surface area contributed by atoms with E-state index in [2.05, 4.69) is 6.07 Å². The molecule has 1 atom stereocenters. The zero-order chi connectivity index (χ0) is 22.0. The topological polar surface area (TPSA) is 94.6 Å². The van der Waals surface area contributed by atoms with Crippen molar-refractivity contribution in [2.45, 2.75) is 31.8 Å². The van der Waals surface area contributed by atoms with Gasteiger partial charge in [-0.05, 0) is 41.8 Å². The minimum Gasteiger partial charge on any atom is -0.493 e. The minimum atomic E-state index is -0.592. The Morgan fingerprint density at radius 1 is 1.19 bits per heavy atom. The monoisotopic (exact) mass is 436 g/mol. The fourth-order valence-electron chi connectivity index (χ4n) is 3.92. The van der Waals surface area contributed by atoms with Crippen LogP contribution in [0.4, 0.5) is 0 Å². The Hall–Kier alpha value is -3.43. The third kappa shape index (κ3) is 4.10. The predicted octanol–water partition coefficient (Wildman–Crippen LogP) is 4.74. The standard InChI is InChI=1S/C24H21ClN2O4/c1-29-19-10-7-15(11-21(19)30-13-14-5-8-16(25)9-6-14)22-17(12-26)24(27)31-20-4-2-3-18(28)23(20)22/h5-11,22H,2-4,13,27H2,1H3/t22-/m0/s1. The van der Waals surface area contributed by atoms with Crippen LogP contribution in [-0.4, -0.2) is 12.9 Å². The van der Waals surface area contributed by atoms with Crippen molar-refractivity contribution < 1.29 is 19.0 Å². The van der Waals surface area contributed by atoms with Crippen LogP contribution in [0.2, 0.25) is 5.02 Å². The molecule has 6 nitrogen and oxygen atoms in total. The summed E-state index contributed by atoms with van der Waals surface area (Å²) in [6, 6.07) is 14.9. The predicted molar refractivity (Wildman–Crippen MR) is 115 cm³/mol. The summed E-state index contributed by atoms with van der Waals surface area (Å²) in [5, 5.41) is 10.4. The van der Waals surface area contributed by atoms with Crippen LogP contribution < -0.4 is 15.2 Å². The van der Waals surface area contributed by atoms with Crippen LogP contribution >= 0.6 is 11.6 Å². The van der Waals surface area contributed by atoms with Crippen LogP contribution in [-0.2, 0) is 16.1 Å². The SMILES string of the molecule is COc1ccc([C@H]2C(C#N)=C(N)OC3=C2C(=O)CCC3)cc1OCc1ccc(Cl)cc1. The molecule has 31 heavy (non-hydrogen) atoms. The molecular weight excluding hydrogens is 416 g/mol. The molecule has 1 heterocycles. The van der Waals surface area contributed by atoms with E-state index in [-0.39, 0.29) is 17.2 Å². The number of nitriles is 1.